The summed E-state index contributed by atoms with van der Waals surface area (Å²) >= 11 is 0. The van der Waals surface area contributed by atoms with Crippen LogP contribution < -0.4 is 5.32 Å². The van der Waals surface area contributed by atoms with Crippen molar-refractivity contribution >= 4 is 5.69 Å². The van der Waals surface area contributed by atoms with Gasteiger partial charge in [-0.05, 0) is 49.8 Å². The van der Waals surface area contributed by atoms with E-state index in [9.17, 15) is 0 Å². The minimum atomic E-state index is 0.381. The number of benzene rings is 1. The molecule has 110 valence electrons. The molecule has 1 aromatic carbocycles. The van der Waals surface area contributed by atoms with Crippen molar-refractivity contribution in [2.45, 2.75) is 44.2 Å². The average molecular weight is 280 g/mol. The third-order valence-corrected chi connectivity index (χ3v) is 7.01. The van der Waals surface area contributed by atoms with Gasteiger partial charge in [0.1, 0.15) is 0 Å². The lowest BCUT2D eigenvalue weighted by molar-refractivity contribution is 0.0642. The van der Waals surface area contributed by atoms with E-state index in [1.165, 1.54) is 31.6 Å². The van der Waals surface area contributed by atoms with Crippen LogP contribution in [0.25, 0.3) is 0 Å². The van der Waals surface area contributed by atoms with Gasteiger partial charge in [0.15, 0.2) is 0 Å². The molecule has 1 aliphatic carbocycles. The molecule has 2 heteroatoms. The molecular weight excluding hydrogens is 256 g/mol. The molecule has 4 aliphatic rings. The molecule has 2 bridgehead atoms. The van der Waals surface area contributed by atoms with Crippen LogP contribution in [0, 0.1) is 11.8 Å². The van der Waals surface area contributed by atoms with Crippen molar-refractivity contribution in [3.05, 3.63) is 41.5 Å². The number of hydrogen-bond acceptors (Lipinski definition) is 2. The number of hydrogen-bond donors (Lipinski definition) is 1. The number of anilines is 1. The molecule has 1 N–H and O–H groups in total. The third-order valence-electron chi connectivity index (χ3n) is 7.01. The minimum absolute atomic E-state index is 0.381. The first kappa shape index (κ1) is 12.3. The Balaban J connectivity index is 1.71. The molecule has 1 aromatic rings. The largest absolute Gasteiger partial charge is 0.381 e. The zero-order valence-electron chi connectivity index (χ0n) is 13.0. The van der Waals surface area contributed by atoms with Crippen LogP contribution in [-0.2, 0) is 5.41 Å². The second-order valence-corrected chi connectivity index (χ2v) is 7.51. The first-order chi connectivity index (χ1) is 10.3. The van der Waals surface area contributed by atoms with Crippen LogP contribution in [0.1, 0.15) is 32.3 Å². The zero-order valence-corrected chi connectivity index (χ0v) is 13.0. The van der Waals surface area contributed by atoms with Crippen molar-refractivity contribution in [3.8, 4) is 0 Å². The number of nitrogens with one attached hydrogen (secondary N) is 1. The Bertz CT molecular complexity index is 634. The molecule has 21 heavy (non-hydrogen) atoms. The van der Waals surface area contributed by atoms with E-state index in [0.717, 1.165) is 17.9 Å². The van der Waals surface area contributed by atoms with Gasteiger partial charge in [0.05, 0.1) is 0 Å². The van der Waals surface area contributed by atoms with Crippen molar-refractivity contribution in [2.24, 2.45) is 11.8 Å². The molecule has 5 unspecified atom stereocenters. The summed E-state index contributed by atoms with van der Waals surface area (Å²) in [6, 6.07) is 10.5. The van der Waals surface area contributed by atoms with Gasteiger partial charge in [0.25, 0.3) is 0 Å². The molecule has 0 radical (unpaired) electrons. The smallest absolute Gasteiger partial charge is 0.0405 e. The van der Waals surface area contributed by atoms with E-state index in [1.54, 1.807) is 11.1 Å². The number of nitrogens with zero attached hydrogens (tertiary/aromatic N) is 1. The van der Waals surface area contributed by atoms with Crippen LogP contribution in [0.2, 0.25) is 0 Å². The molecule has 1 spiro atoms. The second kappa shape index (κ2) is 3.92. The lowest BCUT2D eigenvalue weighted by atomic mass is 9.56. The van der Waals surface area contributed by atoms with Crippen LogP contribution >= 0.6 is 0 Å². The summed E-state index contributed by atoms with van der Waals surface area (Å²) in [4.78, 5) is 2.77. The maximum atomic E-state index is 3.92. The first-order valence-corrected chi connectivity index (χ1v) is 8.51. The zero-order chi connectivity index (χ0) is 14.2. The average Bonchev–Trinajstić information content (AvgIpc) is 3.07. The molecule has 5 rings (SSSR count). The first-order valence-electron chi connectivity index (χ1n) is 8.51. The van der Waals surface area contributed by atoms with Crippen LogP contribution in [0.5, 0.6) is 0 Å². The fourth-order valence-corrected chi connectivity index (χ4v) is 6.12. The van der Waals surface area contributed by atoms with E-state index in [-0.39, 0.29) is 0 Å². The number of rotatable bonds is 0. The summed E-state index contributed by atoms with van der Waals surface area (Å²) in [5, 5.41) is 3.92. The van der Waals surface area contributed by atoms with Gasteiger partial charge in [0, 0.05) is 29.7 Å². The maximum Gasteiger partial charge on any atom is 0.0405 e. The number of fused-ring (bicyclic) bond motifs is 2. The summed E-state index contributed by atoms with van der Waals surface area (Å²) in [6.45, 7) is 7.21. The van der Waals surface area contributed by atoms with E-state index in [1.807, 2.05) is 0 Å². The highest BCUT2D eigenvalue weighted by molar-refractivity contribution is 5.64. The summed E-state index contributed by atoms with van der Waals surface area (Å²) in [5.74, 6) is 1.52. The molecule has 3 aliphatic heterocycles. The van der Waals surface area contributed by atoms with Gasteiger partial charge in [-0.3, -0.25) is 4.90 Å². The Morgan fingerprint density at radius 2 is 2.19 bits per heavy atom. The molecular formula is C19H24N2. The van der Waals surface area contributed by atoms with E-state index in [4.69, 9.17) is 0 Å². The monoisotopic (exact) mass is 280 g/mol. The lowest BCUT2D eigenvalue weighted by Gasteiger charge is -2.54. The molecule has 2 saturated heterocycles. The molecule has 5 atom stereocenters. The van der Waals surface area contributed by atoms with Crippen LogP contribution in [0.4, 0.5) is 5.69 Å². The van der Waals surface area contributed by atoms with E-state index in [2.05, 4.69) is 54.4 Å². The summed E-state index contributed by atoms with van der Waals surface area (Å²) in [7, 11) is 0. The highest BCUT2D eigenvalue weighted by Gasteiger charge is 2.64. The van der Waals surface area contributed by atoms with Crippen LogP contribution in [0.15, 0.2) is 35.9 Å². The second-order valence-electron chi connectivity index (χ2n) is 7.51. The van der Waals surface area contributed by atoms with Gasteiger partial charge in [-0.2, -0.15) is 0 Å². The Labute approximate surface area is 127 Å². The summed E-state index contributed by atoms with van der Waals surface area (Å²) in [5.41, 5.74) is 5.08. The fourth-order valence-electron chi connectivity index (χ4n) is 6.12. The molecule has 0 amide bonds. The molecule has 0 aromatic heterocycles. The van der Waals surface area contributed by atoms with Crippen LogP contribution in [-0.4, -0.2) is 30.1 Å². The van der Waals surface area contributed by atoms with E-state index >= 15 is 0 Å². The van der Waals surface area contributed by atoms with Crippen molar-refractivity contribution < 1.29 is 0 Å². The Hall–Kier alpha value is -1.28. The van der Waals surface area contributed by atoms with Crippen molar-refractivity contribution in [3.63, 3.8) is 0 Å². The molecule has 1 saturated carbocycles. The normalized spacial score (nSPS) is 45.3. The number of allylic oxidation sites excluding steroid dienone is 1. The fraction of sp³-hybridized carbons (Fsp3) is 0.579. The summed E-state index contributed by atoms with van der Waals surface area (Å²) < 4.78 is 0. The Morgan fingerprint density at radius 3 is 3.05 bits per heavy atom. The Morgan fingerprint density at radius 1 is 1.33 bits per heavy atom. The van der Waals surface area contributed by atoms with Gasteiger partial charge in [0.2, 0.25) is 0 Å². The van der Waals surface area contributed by atoms with Crippen molar-refractivity contribution in [2.75, 3.05) is 18.4 Å². The van der Waals surface area contributed by atoms with Gasteiger partial charge >= 0.3 is 0 Å². The van der Waals surface area contributed by atoms with Gasteiger partial charge in [-0.15, -0.1) is 0 Å². The van der Waals surface area contributed by atoms with E-state index < -0.39 is 0 Å². The molecule has 2 nitrogen and oxygen atoms in total. The molecule has 3 heterocycles. The predicted molar refractivity (Wildman–Crippen MR) is 86.5 cm³/mol. The number of piperidine rings is 1. The van der Waals surface area contributed by atoms with Crippen molar-refractivity contribution in [1.82, 2.24) is 4.90 Å². The maximum absolute atomic E-state index is 3.92. The highest BCUT2D eigenvalue weighted by atomic mass is 15.2. The lowest BCUT2D eigenvalue weighted by Crippen LogP contribution is -2.61. The summed E-state index contributed by atoms with van der Waals surface area (Å²) in [6.07, 6.45) is 5.10. The topological polar surface area (TPSA) is 15.3 Å². The Kier molecular flexibility index (Phi) is 2.29. The quantitative estimate of drug-likeness (QED) is 0.733. The molecule has 3 fully saturated rings. The minimum Gasteiger partial charge on any atom is -0.381 e. The van der Waals surface area contributed by atoms with Gasteiger partial charge in [-0.1, -0.05) is 36.8 Å². The van der Waals surface area contributed by atoms with Crippen molar-refractivity contribution in [1.29, 1.82) is 0 Å². The third kappa shape index (κ3) is 1.29. The number of para-hydroxylation sites is 1. The van der Waals surface area contributed by atoms with Gasteiger partial charge < -0.3 is 5.32 Å². The predicted octanol–water partition coefficient (Wildman–Crippen LogP) is 3.41. The standard InChI is InChI=1S/C19H24N2/c1-3-13-11-21-9-8-19-15-6-4-5-7-16(15)20-18(19)12(2)14(13)10-17(19)21/h3-7,12,14,17-18,20H,8-11H2,1-2H3/b13-3+. The van der Waals surface area contributed by atoms with Crippen LogP contribution in [0.3, 0.4) is 0 Å². The van der Waals surface area contributed by atoms with Gasteiger partial charge in [-0.25, -0.2) is 0 Å². The highest BCUT2D eigenvalue weighted by Crippen LogP contribution is 2.60. The van der Waals surface area contributed by atoms with E-state index in [0.29, 0.717) is 11.5 Å². The SMILES string of the molecule is C/C=C1\CN2CCC34c5ccccc5NC3C(C)C1CC24.